The molecule has 1 aromatic heterocycles. The molecule has 0 amide bonds. The van der Waals surface area contributed by atoms with Crippen LogP contribution in [0, 0.1) is 11.3 Å². The minimum Gasteiger partial charge on any atom is -0.377 e. The van der Waals surface area contributed by atoms with Crippen LogP contribution >= 0.6 is 11.6 Å². The minimum absolute atomic E-state index is 0.113. The van der Waals surface area contributed by atoms with E-state index in [9.17, 15) is 0 Å². The van der Waals surface area contributed by atoms with E-state index in [1.165, 1.54) is 0 Å². The molecule has 0 aromatic carbocycles. The van der Waals surface area contributed by atoms with Gasteiger partial charge < -0.3 is 15.4 Å². The first-order chi connectivity index (χ1) is 8.91. The highest BCUT2D eigenvalue weighted by Crippen LogP contribution is 2.54. The molecule has 0 bridgehead atoms. The number of nitrogens with two attached hydrogens (primary N) is 1. The van der Waals surface area contributed by atoms with E-state index in [2.05, 4.69) is 28.7 Å². The molecular formula is C13H19ClN4O. The number of nitrogen functional groups attached to an aromatic ring is 1. The molecule has 5 nitrogen and oxygen atoms in total. The third-order valence-corrected chi connectivity index (χ3v) is 4.71. The minimum atomic E-state index is 0.113. The fourth-order valence-corrected chi connectivity index (χ4v) is 4.01. The molecule has 3 rings (SSSR count). The molecule has 19 heavy (non-hydrogen) atoms. The fraction of sp³-hybridized carbons (Fsp3) is 0.692. The second kappa shape index (κ2) is 4.21. The van der Waals surface area contributed by atoms with E-state index in [0.717, 1.165) is 18.8 Å². The van der Waals surface area contributed by atoms with Gasteiger partial charge in [0.15, 0.2) is 0 Å². The Morgan fingerprint density at radius 3 is 2.89 bits per heavy atom. The van der Waals surface area contributed by atoms with Crippen LogP contribution in [0.15, 0.2) is 6.07 Å². The SMILES string of the molecule is CN(c1cc(Cl)nc(N)n1)[C@@H]1[C@@H]2CCO[C@@H]2C1(C)C. The van der Waals surface area contributed by atoms with Gasteiger partial charge in [-0.2, -0.15) is 4.98 Å². The summed E-state index contributed by atoms with van der Waals surface area (Å²) in [4.78, 5) is 10.4. The van der Waals surface area contributed by atoms with E-state index in [-0.39, 0.29) is 11.4 Å². The van der Waals surface area contributed by atoms with E-state index >= 15 is 0 Å². The van der Waals surface area contributed by atoms with Crippen LogP contribution < -0.4 is 10.6 Å². The lowest BCUT2D eigenvalue weighted by atomic mass is 9.57. The zero-order chi connectivity index (χ0) is 13.8. The summed E-state index contributed by atoms with van der Waals surface area (Å²) in [5, 5.41) is 0.380. The van der Waals surface area contributed by atoms with Gasteiger partial charge in [0.25, 0.3) is 0 Å². The van der Waals surface area contributed by atoms with Crippen LogP contribution in [-0.2, 0) is 4.74 Å². The molecule has 2 heterocycles. The Labute approximate surface area is 118 Å². The van der Waals surface area contributed by atoms with Gasteiger partial charge in [0.05, 0.1) is 6.10 Å². The summed E-state index contributed by atoms with van der Waals surface area (Å²) >= 11 is 5.96. The van der Waals surface area contributed by atoms with Crippen LogP contribution in [0.2, 0.25) is 5.15 Å². The van der Waals surface area contributed by atoms with E-state index in [4.69, 9.17) is 22.1 Å². The zero-order valence-corrected chi connectivity index (χ0v) is 12.2. The van der Waals surface area contributed by atoms with Gasteiger partial charge in [-0.25, -0.2) is 4.98 Å². The van der Waals surface area contributed by atoms with Crippen molar-refractivity contribution in [3.63, 3.8) is 0 Å². The van der Waals surface area contributed by atoms with Crippen LogP contribution in [-0.4, -0.2) is 35.8 Å². The number of fused-ring (bicyclic) bond motifs is 1. The summed E-state index contributed by atoms with van der Waals surface area (Å²) < 4.78 is 5.82. The van der Waals surface area contributed by atoms with Crippen molar-refractivity contribution in [2.24, 2.45) is 11.3 Å². The van der Waals surface area contributed by atoms with E-state index in [0.29, 0.717) is 23.2 Å². The Kier molecular flexibility index (Phi) is 2.87. The standard InChI is InChI=1S/C13H19ClN4O/c1-13(2)10(7-4-5-19-11(7)13)18(3)9-6-8(14)16-12(15)17-9/h6-7,10-11H,4-5H2,1-3H3,(H2,15,16,17)/t7-,10+,11-/m0/s1. The molecule has 0 radical (unpaired) electrons. The molecule has 0 spiro atoms. The van der Waals surface area contributed by atoms with Crippen molar-refractivity contribution in [2.45, 2.75) is 32.4 Å². The zero-order valence-electron chi connectivity index (χ0n) is 11.4. The first-order valence-electron chi connectivity index (χ1n) is 6.56. The molecule has 104 valence electrons. The molecule has 0 unspecified atom stereocenters. The average molecular weight is 283 g/mol. The summed E-state index contributed by atoms with van der Waals surface area (Å²) in [6.45, 7) is 5.34. The lowest BCUT2D eigenvalue weighted by Crippen LogP contribution is -2.66. The van der Waals surface area contributed by atoms with Crippen molar-refractivity contribution in [1.29, 1.82) is 0 Å². The first kappa shape index (κ1) is 12.9. The molecule has 1 saturated carbocycles. The Morgan fingerprint density at radius 2 is 2.21 bits per heavy atom. The number of aromatic nitrogens is 2. The Balaban J connectivity index is 1.89. The summed E-state index contributed by atoms with van der Waals surface area (Å²) in [6, 6.07) is 2.15. The monoisotopic (exact) mass is 282 g/mol. The maximum Gasteiger partial charge on any atom is 0.223 e. The first-order valence-corrected chi connectivity index (χ1v) is 6.93. The van der Waals surface area contributed by atoms with Gasteiger partial charge in [0.2, 0.25) is 5.95 Å². The van der Waals surface area contributed by atoms with Gasteiger partial charge in [0, 0.05) is 37.1 Å². The number of hydrogen-bond acceptors (Lipinski definition) is 5. The summed E-state index contributed by atoms with van der Waals surface area (Å²) in [5.74, 6) is 1.56. The second-order valence-electron chi connectivity index (χ2n) is 6.03. The Bertz CT molecular complexity index is 487. The molecule has 2 aliphatic rings. The lowest BCUT2D eigenvalue weighted by molar-refractivity contribution is -0.101. The molecule has 2 fully saturated rings. The van der Waals surface area contributed by atoms with Crippen molar-refractivity contribution in [3.05, 3.63) is 11.2 Å². The van der Waals surface area contributed by atoms with Crippen LogP contribution in [0.25, 0.3) is 0 Å². The van der Waals surface area contributed by atoms with E-state index in [1.54, 1.807) is 6.07 Å². The molecule has 1 aliphatic heterocycles. The Morgan fingerprint density at radius 1 is 1.47 bits per heavy atom. The van der Waals surface area contributed by atoms with Gasteiger partial charge in [-0.15, -0.1) is 0 Å². The Hall–Kier alpha value is -1.07. The van der Waals surface area contributed by atoms with Crippen molar-refractivity contribution in [3.8, 4) is 0 Å². The number of nitrogens with zero attached hydrogens (tertiary/aromatic N) is 3. The van der Waals surface area contributed by atoms with E-state index < -0.39 is 0 Å². The largest absolute Gasteiger partial charge is 0.377 e. The highest BCUT2D eigenvalue weighted by atomic mass is 35.5. The predicted octanol–water partition coefficient (Wildman–Crippen LogP) is 1.96. The molecule has 2 N–H and O–H groups in total. The van der Waals surface area contributed by atoms with Gasteiger partial charge in [0.1, 0.15) is 11.0 Å². The third-order valence-electron chi connectivity index (χ3n) is 4.52. The van der Waals surface area contributed by atoms with E-state index in [1.807, 2.05) is 7.05 Å². The molecular weight excluding hydrogens is 264 g/mol. The molecule has 1 aliphatic carbocycles. The highest BCUT2D eigenvalue weighted by molar-refractivity contribution is 6.29. The smallest absolute Gasteiger partial charge is 0.223 e. The van der Waals surface area contributed by atoms with Crippen molar-refractivity contribution in [2.75, 3.05) is 24.3 Å². The molecule has 6 heteroatoms. The number of rotatable bonds is 2. The van der Waals surface area contributed by atoms with Crippen LogP contribution in [0.3, 0.4) is 0 Å². The van der Waals surface area contributed by atoms with Crippen LogP contribution in [0.4, 0.5) is 11.8 Å². The number of ether oxygens (including phenoxy) is 1. The van der Waals surface area contributed by atoms with Crippen molar-refractivity contribution < 1.29 is 4.74 Å². The quantitative estimate of drug-likeness (QED) is 0.840. The van der Waals surface area contributed by atoms with Gasteiger partial charge in [-0.1, -0.05) is 25.4 Å². The summed E-state index contributed by atoms with van der Waals surface area (Å²) in [6.07, 6.45) is 1.46. The third kappa shape index (κ3) is 1.87. The normalized spacial score (nSPS) is 31.7. The number of hydrogen-bond donors (Lipinski definition) is 1. The van der Waals surface area contributed by atoms with Crippen molar-refractivity contribution >= 4 is 23.4 Å². The second-order valence-corrected chi connectivity index (χ2v) is 6.42. The molecule has 3 atom stereocenters. The maximum atomic E-state index is 5.96. The summed E-state index contributed by atoms with van der Waals surface area (Å²) in [7, 11) is 2.04. The fourth-order valence-electron chi connectivity index (χ4n) is 3.83. The molecule has 1 saturated heterocycles. The highest BCUT2D eigenvalue weighted by Gasteiger charge is 2.61. The van der Waals surface area contributed by atoms with Gasteiger partial charge in [-0.05, 0) is 6.42 Å². The van der Waals surface area contributed by atoms with Crippen LogP contribution in [0.1, 0.15) is 20.3 Å². The van der Waals surface area contributed by atoms with Crippen molar-refractivity contribution in [1.82, 2.24) is 9.97 Å². The predicted molar refractivity (Wildman–Crippen MR) is 75.3 cm³/mol. The van der Waals surface area contributed by atoms with Crippen LogP contribution in [0.5, 0.6) is 0 Å². The average Bonchev–Trinajstić information content (AvgIpc) is 2.73. The lowest BCUT2D eigenvalue weighted by Gasteiger charge is -2.58. The number of anilines is 2. The molecule has 1 aromatic rings. The topological polar surface area (TPSA) is 64.3 Å². The number of halogens is 1. The summed E-state index contributed by atoms with van der Waals surface area (Å²) in [5.41, 5.74) is 5.79. The maximum absolute atomic E-state index is 5.96. The van der Waals surface area contributed by atoms with Gasteiger partial charge in [-0.3, -0.25) is 0 Å². The van der Waals surface area contributed by atoms with Gasteiger partial charge >= 0.3 is 0 Å².